The van der Waals surface area contributed by atoms with Crippen LogP contribution in [0.5, 0.6) is 0 Å². The average molecular weight is 325 g/mol. The first-order valence-electron chi connectivity index (χ1n) is 6.29. The molecule has 0 aliphatic carbocycles. The van der Waals surface area contributed by atoms with Gasteiger partial charge < -0.3 is 4.74 Å². The number of carbonyl (C=O) groups excluding carboxylic acids is 1. The first-order chi connectivity index (χ1) is 10.8. The summed E-state index contributed by atoms with van der Waals surface area (Å²) in [4.78, 5) is 21.9. The third kappa shape index (κ3) is 3.31. The molecule has 0 unspecified atom stereocenters. The zero-order chi connectivity index (χ0) is 17.2. The van der Waals surface area contributed by atoms with E-state index in [9.17, 15) is 28.1 Å². The maximum Gasteiger partial charge on any atom is 0.417 e. The van der Waals surface area contributed by atoms with Crippen LogP contribution in [0.25, 0.3) is 11.1 Å². The minimum absolute atomic E-state index is 0.0876. The molecule has 2 aromatic rings. The fourth-order valence-corrected chi connectivity index (χ4v) is 2.12. The van der Waals surface area contributed by atoms with E-state index in [1.807, 2.05) is 0 Å². The van der Waals surface area contributed by atoms with Crippen LogP contribution in [0.2, 0.25) is 0 Å². The number of nitro benzene ring substituents is 1. The van der Waals surface area contributed by atoms with E-state index in [1.165, 1.54) is 18.2 Å². The van der Waals surface area contributed by atoms with Crippen LogP contribution >= 0.6 is 0 Å². The standard InChI is InChI=1S/C15H10F3NO4/c1-23-14(20)12-8-9(19(21)22)6-7-10(12)11-4-2-3-5-13(11)15(16,17)18/h2-8H,1H3. The molecule has 23 heavy (non-hydrogen) atoms. The normalized spacial score (nSPS) is 11.1. The van der Waals surface area contributed by atoms with Gasteiger partial charge in [0.2, 0.25) is 0 Å². The summed E-state index contributed by atoms with van der Waals surface area (Å²) in [5, 5.41) is 10.8. The Balaban J connectivity index is 2.74. The molecule has 120 valence electrons. The summed E-state index contributed by atoms with van der Waals surface area (Å²) in [5.41, 5.74) is -2.01. The van der Waals surface area contributed by atoms with Crippen molar-refractivity contribution < 1.29 is 27.6 Å². The Morgan fingerprint density at radius 2 is 1.78 bits per heavy atom. The third-order valence-electron chi connectivity index (χ3n) is 3.14. The minimum atomic E-state index is -4.63. The second-order valence-corrected chi connectivity index (χ2v) is 4.52. The van der Waals surface area contributed by atoms with Crippen molar-refractivity contribution in [2.24, 2.45) is 0 Å². The number of halogens is 3. The van der Waals surface area contributed by atoms with Gasteiger partial charge in [-0.1, -0.05) is 18.2 Å². The van der Waals surface area contributed by atoms with Crippen LogP contribution in [0.3, 0.4) is 0 Å². The third-order valence-corrected chi connectivity index (χ3v) is 3.14. The highest BCUT2D eigenvalue weighted by Crippen LogP contribution is 2.38. The summed E-state index contributed by atoms with van der Waals surface area (Å²) >= 11 is 0. The Morgan fingerprint density at radius 1 is 1.13 bits per heavy atom. The van der Waals surface area contributed by atoms with Crippen LogP contribution < -0.4 is 0 Å². The highest BCUT2D eigenvalue weighted by atomic mass is 19.4. The van der Waals surface area contributed by atoms with E-state index in [1.54, 1.807) is 0 Å². The first-order valence-corrected chi connectivity index (χ1v) is 6.29. The van der Waals surface area contributed by atoms with Crippen molar-refractivity contribution in [2.75, 3.05) is 7.11 Å². The van der Waals surface area contributed by atoms with E-state index < -0.39 is 28.3 Å². The van der Waals surface area contributed by atoms with E-state index in [0.717, 1.165) is 31.4 Å². The van der Waals surface area contributed by atoms with Crippen molar-refractivity contribution in [2.45, 2.75) is 6.18 Å². The summed E-state index contributed by atoms with van der Waals surface area (Å²) in [5.74, 6) is -0.958. The largest absolute Gasteiger partial charge is 0.465 e. The Morgan fingerprint density at radius 3 is 2.35 bits per heavy atom. The van der Waals surface area contributed by atoms with Crippen molar-refractivity contribution in [3.8, 4) is 11.1 Å². The highest BCUT2D eigenvalue weighted by molar-refractivity contribution is 5.98. The number of non-ortho nitro benzene ring substituents is 1. The van der Waals surface area contributed by atoms with Gasteiger partial charge in [0, 0.05) is 12.1 Å². The monoisotopic (exact) mass is 325 g/mol. The van der Waals surface area contributed by atoms with Gasteiger partial charge in [0.25, 0.3) is 5.69 Å². The molecule has 8 heteroatoms. The molecule has 0 aromatic heterocycles. The molecule has 0 fully saturated rings. The van der Waals surface area contributed by atoms with Crippen molar-refractivity contribution in [1.29, 1.82) is 0 Å². The van der Waals surface area contributed by atoms with Crippen molar-refractivity contribution >= 4 is 11.7 Å². The second kappa shape index (κ2) is 6.07. The zero-order valence-corrected chi connectivity index (χ0v) is 11.8. The summed E-state index contributed by atoms with van der Waals surface area (Å²) in [6, 6.07) is 7.70. The molecule has 0 radical (unpaired) electrons. The number of ether oxygens (including phenoxy) is 1. The van der Waals surface area contributed by atoms with E-state index in [0.29, 0.717) is 0 Å². The SMILES string of the molecule is COC(=O)c1cc([N+](=O)[O-])ccc1-c1ccccc1C(F)(F)F. The molecule has 0 bridgehead atoms. The van der Waals surface area contributed by atoms with Gasteiger partial charge in [-0.05, 0) is 23.3 Å². The number of alkyl halides is 3. The van der Waals surface area contributed by atoms with Gasteiger partial charge in [-0.15, -0.1) is 0 Å². The molecule has 0 atom stereocenters. The number of esters is 1. The average Bonchev–Trinajstić information content (AvgIpc) is 2.52. The minimum Gasteiger partial charge on any atom is -0.465 e. The first kappa shape index (κ1) is 16.5. The predicted molar refractivity (Wildman–Crippen MR) is 74.9 cm³/mol. The lowest BCUT2D eigenvalue weighted by atomic mass is 9.94. The van der Waals surface area contributed by atoms with Crippen LogP contribution in [0.15, 0.2) is 42.5 Å². The topological polar surface area (TPSA) is 69.4 Å². The molecule has 5 nitrogen and oxygen atoms in total. The summed E-state index contributed by atoms with van der Waals surface area (Å²) in [7, 11) is 1.04. The molecule has 0 amide bonds. The number of rotatable bonds is 3. The molecule has 0 spiro atoms. The second-order valence-electron chi connectivity index (χ2n) is 4.52. The predicted octanol–water partition coefficient (Wildman–Crippen LogP) is 4.07. The van der Waals surface area contributed by atoms with Gasteiger partial charge in [0.1, 0.15) is 0 Å². The van der Waals surface area contributed by atoms with Gasteiger partial charge >= 0.3 is 12.1 Å². The number of nitro groups is 1. The van der Waals surface area contributed by atoms with E-state index >= 15 is 0 Å². The van der Waals surface area contributed by atoms with E-state index in [4.69, 9.17) is 0 Å². The molecule has 0 saturated heterocycles. The number of methoxy groups -OCH3 is 1. The molecule has 2 rings (SSSR count). The van der Waals surface area contributed by atoms with Crippen molar-refractivity contribution in [1.82, 2.24) is 0 Å². The highest BCUT2D eigenvalue weighted by Gasteiger charge is 2.34. The fourth-order valence-electron chi connectivity index (χ4n) is 2.12. The lowest BCUT2D eigenvalue weighted by molar-refractivity contribution is -0.384. The zero-order valence-electron chi connectivity index (χ0n) is 11.8. The van der Waals surface area contributed by atoms with Crippen LogP contribution in [-0.2, 0) is 10.9 Å². The molecule has 0 aliphatic rings. The Labute approximate surface area is 128 Å². The van der Waals surface area contributed by atoms with Gasteiger partial charge in [-0.3, -0.25) is 10.1 Å². The van der Waals surface area contributed by atoms with Gasteiger partial charge in [-0.2, -0.15) is 13.2 Å². The molecule has 0 aliphatic heterocycles. The summed E-state index contributed by atoms with van der Waals surface area (Å²) in [6.07, 6.45) is -4.63. The Kier molecular flexibility index (Phi) is 4.35. The smallest absolute Gasteiger partial charge is 0.417 e. The Hall–Kier alpha value is -2.90. The maximum atomic E-state index is 13.1. The van der Waals surface area contributed by atoms with Crippen LogP contribution in [-0.4, -0.2) is 18.0 Å². The number of nitrogens with zero attached hydrogens (tertiary/aromatic N) is 1. The molecular formula is C15H10F3NO4. The van der Waals surface area contributed by atoms with Crippen LogP contribution in [0, 0.1) is 10.1 Å². The number of benzene rings is 2. The fraction of sp³-hybridized carbons (Fsp3) is 0.133. The molecule has 0 heterocycles. The molecule has 2 aromatic carbocycles. The van der Waals surface area contributed by atoms with Crippen molar-refractivity contribution in [3.05, 3.63) is 63.7 Å². The quantitative estimate of drug-likeness (QED) is 0.484. The summed E-state index contributed by atoms with van der Waals surface area (Å²) in [6.45, 7) is 0. The Bertz CT molecular complexity index is 772. The van der Waals surface area contributed by atoms with Crippen molar-refractivity contribution in [3.63, 3.8) is 0 Å². The van der Waals surface area contributed by atoms with Gasteiger partial charge in [-0.25, -0.2) is 4.79 Å². The van der Waals surface area contributed by atoms with Crippen LogP contribution in [0.4, 0.5) is 18.9 Å². The van der Waals surface area contributed by atoms with Gasteiger partial charge in [0.05, 0.1) is 23.2 Å². The van der Waals surface area contributed by atoms with E-state index in [-0.39, 0.29) is 16.7 Å². The molecule has 0 N–H and O–H groups in total. The number of hydrogen-bond acceptors (Lipinski definition) is 4. The lowest BCUT2D eigenvalue weighted by Crippen LogP contribution is -2.10. The lowest BCUT2D eigenvalue weighted by Gasteiger charge is -2.15. The maximum absolute atomic E-state index is 13.1. The molecule has 0 saturated carbocycles. The van der Waals surface area contributed by atoms with E-state index in [2.05, 4.69) is 4.74 Å². The summed E-state index contributed by atoms with van der Waals surface area (Å²) < 4.78 is 43.9. The number of carbonyl (C=O) groups is 1. The van der Waals surface area contributed by atoms with Crippen LogP contribution in [0.1, 0.15) is 15.9 Å². The number of hydrogen-bond donors (Lipinski definition) is 0. The molecular weight excluding hydrogens is 315 g/mol. The van der Waals surface area contributed by atoms with Gasteiger partial charge in [0.15, 0.2) is 0 Å².